The van der Waals surface area contributed by atoms with E-state index in [0.717, 1.165) is 29.7 Å². The fraction of sp³-hybridized carbons (Fsp3) is 0.250. The van der Waals surface area contributed by atoms with E-state index in [4.69, 9.17) is 5.26 Å². The van der Waals surface area contributed by atoms with Crippen molar-refractivity contribution in [2.75, 3.05) is 5.32 Å². The molecule has 0 unspecified atom stereocenters. The molecular weight excluding hydrogens is 364 g/mol. The van der Waals surface area contributed by atoms with E-state index in [0.29, 0.717) is 21.9 Å². The Hall–Kier alpha value is -2.77. The molecule has 0 aliphatic rings. The molecule has 2 aromatic carbocycles. The van der Waals surface area contributed by atoms with Gasteiger partial charge >= 0.3 is 0 Å². The summed E-state index contributed by atoms with van der Waals surface area (Å²) in [5.41, 5.74) is 4.91. The van der Waals surface area contributed by atoms with E-state index in [9.17, 15) is 4.79 Å². The van der Waals surface area contributed by atoms with E-state index in [1.54, 1.807) is 0 Å². The van der Waals surface area contributed by atoms with Crippen LogP contribution in [0.5, 0.6) is 0 Å². The summed E-state index contributed by atoms with van der Waals surface area (Å²) in [6.45, 7) is 9.99. The van der Waals surface area contributed by atoms with Crippen molar-refractivity contribution in [1.82, 2.24) is 0 Å². The first-order chi connectivity index (χ1) is 13.4. The highest BCUT2D eigenvalue weighted by Crippen LogP contribution is 2.31. The number of rotatable bonds is 9. The third-order valence-corrected chi connectivity index (χ3v) is 5.34. The SMILES string of the molecule is C=C(Nc1ccc(C)cc1)SC(C(=O)c1ccc(CCCC#N)cc1)=C(C)C. The number of carbonyl (C=O) groups excluding carboxylic acids is 1. The zero-order valence-corrected chi connectivity index (χ0v) is 17.5. The Morgan fingerprint density at radius 3 is 2.32 bits per heavy atom. The second-order valence-electron chi connectivity index (χ2n) is 6.88. The summed E-state index contributed by atoms with van der Waals surface area (Å²) in [7, 11) is 0. The van der Waals surface area contributed by atoms with Crippen LogP contribution in [0.1, 0.15) is 48.2 Å². The Morgan fingerprint density at radius 2 is 1.75 bits per heavy atom. The molecule has 4 heteroatoms. The van der Waals surface area contributed by atoms with Gasteiger partial charge in [-0.15, -0.1) is 0 Å². The molecule has 3 nitrogen and oxygen atoms in total. The maximum absolute atomic E-state index is 13.0. The maximum atomic E-state index is 13.0. The minimum absolute atomic E-state index is 0.000399. The van der Waals surface area contributed by atoms with Crippen molar-refractivity contribution < 1.29 is 4.79 Å². The molecule has 0 bridgehead atoms. The fourth-order valence-corrected chi connectivity index (χ4v) is 3.48. The van der Waals surface area contributed by atoms with Gasteiger partial charge in [0.25, 0.3) is 0 Å². The number of hydrogen-bond donors (Lipinski definition) is 1. The second kappa shape index (κ2) is 10.5. The molecule has 0 atom stereocenters. The number of nitrogens with zero attached hydrogens (tertiary/aromatic N) is 1. The first-order valence-corrected chi connectivity index (χ1v) is 10.1. The van der Waals surface area contributed by atoms with Crippen LogP contribution in [0.4, 0.5) is 5.69 Å². The third-order valence-electron chi connectivity index (χ3n) is 4.19. The van der Waals surface area contributed by atoms with E-state index >= 15 is 0 Å². The number of allylic oxidation sites excluding steroid dienone is 2. The van der Waals surface area contributed by atoms with Gasteiger partial charge < -0.3 is 5.32 Å². The quantitative estimate of drug-likeness (QED) is 0.296. The molecule has 28 heavy (non-hydrogen) atoms. The molecule has 0 heterocycles. The van der Waals surface area contributed by atoms with Gasteiger partial charge in [0.05, 0.1) is 16.0 Å². The molecule has 0 aliphatic carbocycles. The smallest absolute Gasteiger partial charge is 0.199 e. The summed E-state index contributed by atoms with van der Waals surface area (Å²) in [6.07, 6.45) is 2.24. The van der Waals surface area contributed by atoms with Gasteiger partial charge in [0, 0.05) is 17.7 Å². The molecule has 0 spiro atoms. The van der Waals surface area contributed by atoms with Crippen LogP contribution in [0.3, 0.4) is 0 Å². The summed E-state index contributed by atoms with van der Waals surface area (Å²) >= 11 is 1.36. The number of aryl methyl sites for hydroxylation is 2. The first-order valence-electron chi connectivity index (χ1n) is 9.29. The summed E-state index contributed by atoms with van der Waals surface area (Å²) in [5.74, 6) is 0.000399. The average Bonchev–Trinajstić information content (AvgIpc) is 2.68. The van der Waals surface area contributed by atoms with E-state index in [2.05, 4.69) is 18.0 Å². The molecule has 0 amide bonds. The topological polar surface area (TPSA) is 52.9 Å². The largest absolute Gasteiger partial charge is 0.350 e. The number of hydrogen-bond acceptors (Lipinski definition) is 4. The minimum atomic E-state index is 0.000399. The Balaban J connectivity index is 2.05. The molecule has 1 N–H and O–H groups in total. The zero-order valence-electron chi connectivity index (χ0n) is 16.7. The number of nitriles is 1. The maximum Gasteiger partial charge on any atom is 0.199 e. The molecule has 0 fully saturated rings. The number of carbonyl (C=O) groups is 1. The summed E-state index contributed by atoms with van der Waals surface area (Å²) in [5, 5.41) is 12.6. The highest BCUT2D eigenvalue weighted by Gasteiger charge is 2.16. The van der Waals surface area contributed by atoms with Crippen LogP contribution in [-0.2, 0) is 6.42 Å². The minimum Gasteiger partial charge on any atom is -0.350 e. The van der Waals surface area contributed by atoms with Crippen molar-refractivity contribution in [3.63, 3.8) is 0 Å². The highest BCUT2D eigenvalue weighted by molar-refractivity contribution is 8.07. The van der Waals surface area contributed by atoms with E-state index in [1.165, 1.54) is 17.3 Å². The van der Waals surface area contributed by atoms with Crippen LogP contribution in [0.2, 0.25) is 0 Å². The number of nitrogens with one attached hydrogen (secondary N) is 1. The van der Waals surface area contributed by atoms with Gasteiger partial charge in [-0.2, -0.15) is 5.26 Å². The summed E-state index contributed by atoms with van der Waals surface area (Å²) < 4.78 is 0. The van der Waals surface area contributed by atoms with Crippen LogP contribution >= 0.6 is 11.8 Å². The lowest BCUT2D eigenvalue weighted by Crippen LogP contribution is -2.05. The van der Waals surface area contributed by atoms with E-state index in [-0.39, 0.29) is 5.78 Å². The number of unbranched alkanes of at least 4 members (excludes halogenated alkanes) is 1. The van der Waals surface area contributed by atoms with Gasteiger partial charge in [-0.25, -0.2) is 0 Å². The molecule has 0 radical (unpaired) electrons. The predicted octanol–water partition coefficient (Wildman–Crippen LogP) is 6.63. The summed E-state index contributed by atoms with van der Waals surface area (Å²) in [6, 6.07) is 17.9. The Morgan fingerprint density at radius 1 is 1.11 bits per heavy atom. The molecule has 0 saturated heterocycles. The van der Waals surface area contributed by atoms with Crippen LogP contribution < -0.4 is 5.32 Å². The Bertz CT molecular complexity index is 899. The van der Waals surface area contributed by atoms with Crippen molar-refractivity contribution in [3.05, 3.63) is 87.3 Å². The normalized spacial score (nSPS) is 10.1. The van der Waals surface area contributed by atoms with Crippen molar-refractivity contribution >= 4 is 23.2 Å². The third kappa shape index (κ3) is 6.44. The van der Waals surface area contributed by atoms with Gasteiger partial charge in [0.15, 0.2) is 5.78 Å². The lowest BCUT2D eigenvalue weighted by molar-refractivity contribution is 0.104. The second-order valence-corrected chi connectivity index (χ2v) is 7.99. The summed E-state index contributed by atoms with van der Waals surface area (Å²) in [4.78, 5) is 13.7. The van der Waals surface area contributed by atoms with Gasteiger partial charge in [0.1, 0.15) is 0 Å². The van der Waals surface area contributed by atoms with Crippen molar-refractivity contribution in [3.8, 4) is 6.07 Å². The predicted molar refractivity (Wildman–Crippen MR) is 119 cm³/mol. The van der Waals surface area contributed by atoms with Crippen molar-refractivity contribution in [2.45, 2.75) is 40.0 Å². The lowest BCUT2D eigenvalue weighted by Gasteiger charge is -2.13. The van der Waals surface area contributed by atoms with Gasteiger partial charge in [-0.3, -0.25) is 4.79 Å². The number of thioether (sulfide) groups is 1. The molecule has 2 rings (SSSR count). The Kier molecular flexibility index (Phi) is 8.10. The van der Waals surface area contributed by atoms with Crippen LogP contribution in [0, 0.1) is 18.3 Å². The first kappa shape index (κ1) is 21.5. The molecule has 2 aromatic rings. The molecule has 0 saturated carbocycles. The van der Waals surface area contributed by atoms with E-state index < -0.39 is 0 Å². The number of Topliss-reactive ketones (excluding diaryl/α,β-unsaturated/α-hetero) is 1. The van der Waals surface area contributed by atoms with Gasteiger partial charge in [-0.1, -0.05) is 65.9 Å². The molecule has 0 aliphatic heterocycles. The highest BCUT2D eigenvalue weighted by atomic mass is 32.2. The van der Waals surface area contributed by atoms with Crippen LogP contribution in [-0.4, -0.2) is 5.78 Å². The average molecular weight is 391 g/mol. The number of anilines is 1. The van der Waals surface area contributed by atoms with Crippen molar-refractivity contribution in [2.24, 2.45) is 0 Å². The standard InChI is InChI=1S/C24H26N2OS/c1-17(2)24(28-19(4)26-22-14-8-18(3)9-15-22)23(27)21-12-10-20(11-13-21)7-5-6-16-25/h8-15,26H,4-7H2,1-3H3. The van der Waals surface area contributed by atoms with Crippen molar-refractivity contribution in [1.29, 1.82) is 5.26 Å². The monoisotopic (exact) mass is 390 g/mol. The zero-order chi connectivity index (χ0) is 20.5. The lowest BCUT2D eigenvalue weighted by atomic mass is 10.0. The fourth-order valence-electron chi connectivity index (χ4n) is 2.65. The molecule has 144 valence electrons. The van der Waals surface area contributed by atoms with Gasteiger partial charge in [-0.05, 0) is 51.3 Å². The Labute approximate surface area is 172 Å². The van der Waals surface area contributed by atoms with Crippen LogP contribution in [0.25, 0.3) is 0 Å². The van der Waals surface area contributed by atoms with Gasteiger partial charge in [0.2, 0.25) is 0 Å². The molecule has 0 aromatic heterocycles. The number of ketones is 1. The number of benzene rings is 2. The molecular formula is C24H26N2OS. The van der Waals surface area contributed by atoms with E-state index in [1.807, 2.05) is 69.3 Å². The van der Waals surface area contributed by atoms with Crippen LogP contribution in [0.15, 0.2) is 70.6 Å².